The number of hydrogen-bond donors (Lipinski definition) is 3. The highest BCUT2D eigenvalue weighted by molar-refractivity contribution is 5.69. The normalized spacial score (nSPS) is 13.0. The smallest absolute Gasteiger partial charge is 0.394 e. The third-order valence-corrected chi connectivity index (χ3v) is 4.25. The van der Waals surface area contributed by atoms with Crippen molar-refractivity contribution in [3.8, 4) is 11.3 Å². The average Bonchev–Trinajstić information content (AvgIpc) is 2.73. The number of aromatic nitrogens is 3. The van der Waals surface area contributed by atoms with Crippen LogP contribution in [0.1, 0.15) is 18.1 Å². The van der Waals surface area contributed by atoms with E-state index in [9.17, 15) is 31.4 Å². The van der Waals surface area contributed by atoms with Crippen LogP contribution in [0.5, 0.6) is 0 Å². The second kappa shape index (κ2) is 8.99. The van der Waals surface area contributed by atoms with Crippen molar-refractivity contribution in [1.82, 2.24) is 15.0 Å². The van der Waals surface area contributed by atoms with Crippen molar-refractivity contribution in [2.24, 2.45) is 0 Å². The Morgan fingerprint density at radius 2 is 1.75 bits per heavy atom. The van der Waals surface area contributed by atoms with E-state index in [1.54, 1.807) is 19.1 Å². The summed E-state index contributed by atoms with van der Waals surface area (Å²) in [5.74, 6) is -0.104. The van der Waals surface area contributed by atoms with Crippen molar-refractivity contribution >= 4 is 17.5 Å². The zero-order valence-corrected chi connectivity index (χ0v) is 16.5. The summed E-state index contributed by atoms with van der Waals surface area (Å²) >= 11 is 0. The number of anilines is 3. The number of alkyl halides is 6. The molecule has 6 nitrogen and oxygen atoms in total. The molecule has 1 atom stereocenters. The molecule has 2 heterocycles. The number of pyridine rings is 1. The molecule has 2 aromatic heterocycles. The predicted octanol–water partition coefficient (Wildman–Crippen LogP) is 5.11. The minimum absolute atomic E-state index is 0.00382. The average molecular weight is 457 g/mol. The maximum Gasteiger partial charge on any atom is 0.418 e. The van der Waals surface area contributed by atoms with Crippen LogP contribution < -0.4 is 10.6 Å². The van der Waals surface area contributed by atoms with Crippen molar-refractivity contribution in [2.75, 3.05) is 17.2 Å². The Balaban J connectivity index is 2.07. The van der Waals surface area contributed by atoms with Gasteiger partial charge in [-0.2, -0.15) is 31.3 Å². The molecule has 3 N–H and O–H groups in total. The maximum atomic E-state index is 13.5. The van der Waals surface area contributed by atoms with Gasteiger partial charge in [0.15, 0.2) is 0 Å². The number of benzene rings is 1. The van der Waals surface area contributed by atoms with Crippen LogP contribution >= 0.6 is 0 Å². The van der Waals surface area contributed by atoms with Crippen LogP contribution in [0.3, 0.4) is 0 Å². The third kappa shape index (κ3) is 5.63. The van der Waals surface area contributed by atoms with E-state index in [2.05, 4.69) is 25.6 Å². The van der Waals surface area contributed by atoms with E-state index in [1.807, 2.05) is 0 Å². The van der Waals surface area contributed by atoms with E-state index in [4.69, 9.17) is 0 Å². The van der Waals surface area contributed by atoms with Crippen LogP contribution in [0, 0.1) is 0 Å². The van der Waals surface area contributed by atoms with Gasteiger partial charge < -0.3 is 15.7 Å². The van der Waals surface area contributed by atoms with Crippen LogP contribution in [0.4, 0.5) is 43.8 Å². The molecule has 0 bridgehead atoms. The monoisotopic (exact) mass is 457 g/mol. The summed E-state index contributed by atoms with van der Waals surface area (Å²) in [7, 11) is 0. The zero-order valence-electron chi connectivity index (χ0n) is 16.5. The molecule has 0 aliphatic carbocycles. The summed E-state index contributed by atoms with van der Waals surface area (Å²) in [4.78, 5) is 12.3. The second-order valence-electron chi connectivity index (χ2n) is 6.81. The number of nitrogens with one attached hydrogen (secondary N) is 2. The SMILES string of the molecule is C[C@@H](CO)Nc1nc(Nc2ccc(C(F)(F)F)cc2C(F)(F)F)cc(-c2cccnc2)n1. The Morgan fingerprint density at radius 1 is 1.00 bits per heavy atom. The Bertz CT molecular complexity index is 1070. The van der Waals surface area contributed by atoms with Crippen molar-refractivity contribution in [3.63, 3.8) is 0 Å². The van der Waals surface area contributed by atoms with Crippen molar-refractivity contribution in [3.05, 3.63) is 59.9 Å². The number of halogens is 6. The van der Waals surface area contributed by atoms with Crippen LogP contribution in [0.2, 0.25) is 0 Å². The molecule has 0 spiro atoms. The fourth-order valence-electron chi connectivity index (χ4n) is 2.71. The number of hydrogen-bond acceptors (Lipinski definition) is 6. The third-order valence-electron chi connectivity index (χ3n) is 4.25. The van der Waals surface area contributed by atoms with Gasteiger partial charge in [-0.25, -0.2) is 4.98 Å². The van der Waals surface area contributed by atoms with Gasteiger partial charge in [-0.15, -0.1) is 0 Å². The van der Waals surface area contributed by atoms with Gasteiger partial charge in [-0.1, -0.05) is 0 Å². The molecular weight excluding hydrogens is 440 g/mol. The zero-order chi connectivity index (χ0) is 23.5. The summed E-state index contributed by atoms with van der Waals surface area (Å²) in [5.41, 5.74) is -2.70. The molecular formula is C20H17F6N5O. The van der Waals surface area contributed by atoms with Gasteiger partial charge in [0.1, 0.15) is 5.82 Å². The summed E-state index contributed by atoms with van der Waals surface area (Å²) in [6.45, 7) is 1.37. The lowest BCUT2D eigenvalue weighted by Crippen LogP contribution is -2.21. The number of rotatable bonds is 6. The van der Waals surface area contributed by atoms with Crippen molar-refractivity contribution in [2.45, 2.75) is 25.3 Å². The largest absolute Gasteiger partial charge is 0.418 e. The minimum atomic E-state index is -5.05. The van der Waals surface area contributed by atoms with Crippen LogP contribution in [-0.4, -0.2) is 32.7 Å². The van der Waals surface area contributed by atoms with Crippen LogP contribution in [0.25, 0.3) is 11.3 Å². The van der Waals surface area contributed by atoms with Gasteiger partial charge in [-0.05, 0) is 37.3 Å². The van der Waals surface area contributed by atoms with Gasteiger partial charge in [0, 0.05) is 30.1 Å². The van der Waals surface area contributed by atoms with Crippen molar-refractivity contribution < 1.29 is 31.4 Å². The molecule has 0 saturated carbocycles. The number of aliphatic hydroxyl groups excluding tert-OH is 1. The number of aliphatic hydroxyl groups is 1. The van der Waals surface area contributed by atoms with Gasteiger partial charge in [0.2, 0.25) is 5.95 Å². The van der Waals surface area contributed by atoms with Gasteiger partial charge >= 0.3 is 12.4 Å². The highest BCUT2D eigenvalue weighted by Crippen LogP contribution is 2.40. The molecule has 0 amide bonds. The summed E-state index contributed by atoms with van der Waals surface area (Å²) < 4.78 is 79.2. The molecule has 0 unspecified atom stereocenters. The van der Waals surface area contributed by atoms with Crippen molar-refractivity contribution in [1.29, 1.82) is 0 Å². The minimum Gasteiger partial charge on any atom is -0.394 e. The molecule has 0 aliphatic heterocycles. The first-order valence-electron chi connectivity index (χ1n) is 9.19. The highest BCUT2D eigenvalue weighted by Gasteiger charge is 2.38. The van der Waals surface area contributed by atoms with E-state index in [1.165, 1.54) is 18.5 Å². The number of nitrogens with zero attached hydrogens (tertiary/aromatic N) is 3. The Kier molecular flexibility index (Phi) is 6.53. The first kappa shape index (κ1) is 23.3. The van der Waals surface area contributed by atoms with E-state index in [-0.39, 0.29) is 24.4 Å². The molecule has 0 saturated heterocycles. The lowest BCUT2D eigenvalue weighted by Gasteiger charge is -2.18. The highest BCUT2D eigenvalue weighted by atomic mass is 19.4. The lowest BCUT2D eigenvalue weighted by atomic mass is 10.1. The quantitative estimate of drug-likeness (QED) is 0.446. The topological polar surface area (TPSA) is 83.0 Å². The maximum absolute atomic E-state index is 13.5. The van der Waals surface area contributed by atoms with E-state index < -0.39 is 35.2 Å². The van der Waals surface area contributed by atoms with Gasteiger partial charge in [0.25, 0.3) is 0 Å². The summed E-state index contributed by atoms with van der Waals surface area (Å²) in [5, 5.41) is 14.5. The molecule has 3 aromatic rings. The van der Waals surface area contributed by atoms with Gasteiger partial charge in [0.05, 0.1) is 29.1 Å². The molecule has 0 radical (unpaired) electrons. The fourth-order valence-corrected chi connectivity index (χ4v) is 2.71. The standard InChI is InChI=1S/C20H17F6N5O/c1-11(10-32)28-18-30-16(12-3-2-6-27-9-12)8-17(31-18)29-15-5-4-13(19(21,22)23)7-14(15)20(24,25)26/h2-9,11,32H,10H2,1H3,(H2,28,29,30,31)/t11-/m0/s1. The fraction of sp³-hybridized carbons (Fsp3) is 0.250. The van der Waals surface area contributed by atoms with Crippen LogP contribution in [-0.2, 0) is 12.4 Å². The Hall–Kier alpha value is -3.41. The van der Waals surface area contributed by atoms with E-state index in [0.717, 1.165) is 0 Å². The lowest BCUT2D eigenvalue weighted by molar-refractivity contribution is -0.142. The molecule has 170 valence electrons. The molecule has 32 heavy (non-hydrogen) atoms. The Labute approximate surface area is 178 Å². The summed E-state index contributed by atoms with van der Waals surface area (Å²) in [6, 6.07) is 5.45. The molecule has 12 heteroatoms. The summed E-state index contributed by atoms with van der Waals surface area (Å²) in [6.07, 6.45) is -6.98. The predicted molar refractivity (Wildman–Crippen MR) is 105 cm³/mol. The second-order valence-corrected chi connectivity index (χ2v) is 6.81. The van der Waals surface area contributed by atoms with Crippen LogP contribution in [0.15, 0.2) is 48.8 Å². The van der Waals surface area contributed by atoms with Gasteiger partial charge in [-0.3, -0.25) is 4.98 Å². The first-order chi connectivity index (χ1) is 15.0. The molecule has 0 fully saturated rings. The molecule has 3 rings (SSSR count). The molecule has 0 aliphatic rings. The Morgan fingerprint density at radius 3 is 2.34 bits per heavy atom. The molecule has 1 aromatic carbocycles. The van der Waals surface area contributed by atoms with E-state index >= 15 is 0 Å². The van der Waals surface area contributed by atoms with E-state index in [0.29, 0.717) is 23.4 Å². The first-order valence-corrected chi connectivity index (χ1v) is 9.19.